The van der Waals surface area contributed by atoms with Crippen LogP contribution in [0, 0.1) is 11.8 Å². The van der Waals surface area contributed by atoms with Crippen LogP contribution in [0.4, 0.5) is 4.79 Å². The fraction of sp³-hybridized carbons (Fsp3) is 0.606. The summed E-state index contributed by atoms with van der Waals surface area (Å²) >= 11 is 0. The molecule has 2 fully saturated rings. The fourth-order valence-electron chi connectivity index (χ4n) is 5.09. The highest BCUT2D eigenvalue weighted by atomic mass is 16.6. The van der Waals surface area contributed by atoms with Crippen molar-refractivity contribution in [3.05, 3.63) is 48.0 Å². The molecule has 1 aromatic carbocycles. The molecule has 1 unspecified atom stereocenters. The van der Waals surface area contributed by atoms with Crippen LogP contribution >= 0.6 is 0 Å². The first-order valence-electron chi connectivity index (χ1n) is 15.6. The van der Waals surface area contributed by atoms with Gasteiger partial charge in [0.05, 0.1) is 11.7 Å². The van der Waals surface area contributed by atoms with Crippen molar-refractivity contribution >= 4 is 29.6 Å². The molecule has 4 amide bonds. The number of benzene rings is 1. The molecule has 1 aliphatic carbocycles. The van der Waals surface area contributed by atoms with Crippen LogP contribution in [0.25, 0.3) is 0 Å². The second-order valence-electron chi connectivity index (χ2n) is 12.6. The van der Waals surface area contributed by atoms with Crippen LogP contribution in [0.2, 0.25) is 0 Å². The number of carbonyl (C=O) groups excluding carboxylic acids is 5. The molecule has 1 saturated heterocycles. The van der Waals surface area contributed by atoms with E-state index in [0.29, 0.717) is 32.2 Å². The Balaban J connectivity index is 1.71. The fourth-order valence-corrected chi connectivity index (χ4v) is 5.09. The summed E-state index contributed by atoms with van der Waals surface area (Å²) in [5.74, 6) is -1.36. The minimum absolute atomic E-state index is 0.0134. The molecule has 1 aromatic rings. The number of carbonyl (C=O) groups is 5. The van der Waals surface area contributed by atoms with Gasteiger partial charge in [-0.3, -0.25) is 19.2 Å². The van der Waals surface area contributed by atoms with Gasteiger partial charge in [0.25, 0.3) is 0 Å². The lowest BCUT2D eigenvalue weighted by Gasteiger charge is -2.31. The van der Waals surface area contributed by atoms with E-state index in [1.165, 1.54) is 6.08 Å². The smallest absolute Gasteiger partial charge is 0.408 e. The molecule has 4 N–H and O–H groups in total. The molecule has 1 aliphatic heterocycles. The maximum Gasteiger partial charge on any atom is 0.408 e. The molecule has 0 radical (unpaired) electrons. The van der Waals surface area contributed by atoms with Crippen LogP contribution in [0.15, 0.2) is 42.5 Å². The first-order valence-corrected chi connectivity index (χ1v) is 15.6. The molecule has 242 valence electrons. The predicted octanol–water partition coefficient (Wildman–Crippen LogP) is 3.32. The van der Waals surface area contributed by atoms with Gasteiger partial charge in [-0.15, -0.1) is 0 Å². The van der Waals surface area contributed by atoms with Gasteiger partial charge in [-0.25, -0.2) is 4.79 Å². The van der Waals surface area contributed by atoms with E-state index in [-0.39, 0.29) is 30.1 Å². The highest BCUT2D eigenvalue weighted by Crippen LogP contribution is 2.30. The average molecular weight is 613 g/mol. The summed E-state index contributed by atoms with van der Waals surface area (Å²) in [6.45, 7) is 9.67. The summed E-state index contributed by atoms with van der Waals surface area (Å²) in [6.07, 6.45) is 5.23. The van der Waals surface area contributed by atoms with Crippen molar-refractivity contribution in [3.8, 4) is 0 Å². The summed E-state index contributed by atoms with van der Waals surface area (Å²) < 4.78 is 11.4. The molecule has 0 bridgehead atoms. The second kappa shape index (κ2) is 16.4. The number of amides is 4. The number of hydrogen-bond donors (Lipinski definition) is 4. The molecular weight excluding hydrogens is 564 g/mol. The number of allylic oxidation sites excluding steroid dienone is 1. The third-order valence-corrected chi connectivity index (χ3v) is 7.49. The standard InChI is InChI=1S/C33H48N4O7/c1-6-10-26(30(40)35-25(15-16-27(38)23-13-14-23)19-24-17-18-34-29(24)39)36-31(41)28(21(2)44-33(3,4)5)37-32(42)43-20-22-11-8-7-9-12-22/h7-9,11-12,15-16,21,23-26,28H,6,10,13-14,17-20H2,1-5H3,(H,34,39)(H,35,40)(H,36,41)(H,37,42)/b16-15+/t21?,24-,25+,26-,28-/m0/s1. The molecule has 1 saturated carbocycles. The lowest BCUT2D eigenvalue weighted by Crippen LogP contribution is -2.58. The maximum absolute atomic E-state index is 13.6. The van der Waals surface area contributed by atoms with Crippen molar-refractivity contribution in [1.82, 2.24) is 21.3 Å². The molecular formula is C33H48N4O7. The van der Waals surface area contributed by atoms with Crippen LogP contribution in [-0.4, -0.2) is 66.0 Å². The molecule has 44 heavy (non-hydrogen) atoms. The third kappa shape index (κ3) is 11.7. The lowest BCUT2D eigenvalue weighted by molar-refractivity contribution is -0.135. The Morgan fingerprint density at radius 2 is 1.73 bits per heavy atom. The first-order chi connectivity index (χ1) is 20.9. The van der Waals surface area contributed by atoms with Crippen molar-refractivity contribution in [3.63, 3.8) is 0 Å². The van der Waals surface area contributed by atoms with Crippen LogP contribution in [0.1, 0.15) is 78.7 Å². The number of alkyl carbamates (subject to hydrolysis) is 1. The van der Waals surface area contributed by atoms with Crippen LogP contribution < -0.4 is 21.3 Å². The lowest BCUT2D eigenvalue weighted by atomic mass is 9.97. The van der Waals surface area contributed by atoms with E-state index < -0.39 is 47.7 Å². The molecule has 11 heteroatoms. The summed E-state index contributed by atoms with van der Waals surface area (Å²) in [6, 6.07) is 6.51. The zero-order valence-corrected chi connectivity index (χ0v) is 26.5. The topological polar surface area (TPSA) is 152 Å². The molecule has 0 aromatic heterocycles. The van der Waals surface area contributed by atoms with E-state index in [0.717, 1.165) is 18.4 Å². The van der Waals surface area contributed by atoms with Gasteiger partial charge >= 0.3 is 6.09 Å². The normalized spacial score (nSPS) is 19.4. The van der Waals surface area contributed by atoms with Crippen molar-refractivity contribution in [2.75, 3.05) is 6.54 Å². The zero-order chi connectivity index (χ0) is 32.3. The van der Waals surface area contributed by atoms with Gasteiger partial charge in [0.2, 0.25) is 17.7 Å². The van der Waals surface area contributed by atoms with Crippen molar-refractivity contribution in [1.29, 1.82) is 0 Å². The van der Waals surface area contributed by atoms with Crippen LogP contribution in [0.3, 0.4) is 0 Å². The van der Waals surface area contributed by atoms with Gasteiger partial charge in [-0.05, 0) is 71.4 Å². The third-order valence-electron chi connectivity index (χ3n) is 7.49. The van der Waals surface area contributed by atoms with Gasteiger partial charge in [0, 0.05) is 24.4 Å². The van der Waals surface area contributed by atoms with Gasteiger partial charge in [0.1, 0.15) is 18.7 Å². The Kier molecular flexibility index (Phi) is 12.9. The quantitative estimate of drug-likeness (QED) is 0.209. The van der Waals surface area contributed by atoms with Gasteiger partial charge in [-0.2, -0.15) is 0 Å². The number of nitrogens with one attached hydrogen (secondary N) is 4. The Morgan fingerprint density at radius 3 is 2.32 bits per heavy atom. The highest BCUT2D eigenvalue weighted by molar-refractivity contribution is 5.94. The van der Waals surface area contributed by atoms with E-state index in [4.69, 9.17) is 9.47 Å². The van der Waals surface area contributed by atoms with Gasteiger partial charge in [0.15, 0.2) is 5.78 Å². The second-order valence-corrected chi connectivity index (χ2v) is 12.6. The Labute approximate surface area is 260 Å². The summed E-state index contributed by atoms with van der Waals surface area (Å²) in [5, 5.41) is 11.2. The minimum Gasteiger partial charge on any atom is -0.445 e. The largest absolute Gasteiger partial charge is 0.445 e. The van der Waals surface area contributed by atoms with Crippen molar-refractivity contribution in [2.24, 2.45) is 11.8 Å². The minimum atomic E-state index is -1.15. The van der Waals surface area contributed by atoms with Crippen LogP contribution in [0.5, 0.6) is 0 Å². The van der Waals surface area contributed by atoms with Crippen molar-refractivity contribution < 1.29 is 33.4 Å². The molecule has 3 rings (SSSR count). The van der Waals surface area contributed by atoms with Crippen molar-refractivity contribution in [2.45, 2.75) is 110 Å². The summed E-state index contributed by atoms with van der Waals surface area (Å²) in [4.78, 5) is 64.5. The van der Waals surface area contributed by atoms with E-state index in [9.17, 15) is 24.0 Å². The maximum atomic E-state index is 13.6. The number of ketones is 1. The molecule has 11 nitrogen and oxygen atoms in total. The van der Waals surface area contributed by atoms with E-state index in [1.807, 2.05) is 58.0 Å². The molecule has 1 heterocycles. The monoisotopic (exact) mass is 612 g/mol. The summed E-state index contributed by atoms with van der Waals surface area (Å²) in [5.41, 5.74) is 0.178. The molecule has 5 atom stereocenters. The number of ether oxygens (including phenoxy) is 2. The van der Waals surface area contributed by atoms with E-state index >= 15 is 0 Å². The summed E-state index contributed by atoms with van der Waals surface area (Å²) in [7, 11) is 0. The van der Waals surface area contributed by atoms with E-state index in [2.05, 4.69) is 21.3 Å². The SMILES string of the molecule is CCC[C@H](NC(=O)[C@@H](NC(=O)OCc1ccccc1)C(C)OC(C)(C)C)C(=O)N[C@H](/C=C/C(=O)C1CC1)C[C@@H]1CCNC1=O. The Bertz CT molecular complexity index is 1180. The number of hydrogen-bond acceptors (Lipinski definition) is 7. The Morgan fingerprint density at radius 1 is 1.02 bits per heavy atom. The van der Waals surface area contributed by atoms with Gasteiger partial charge in [-0.1, -0.05) is 49.8 Å². The average Bonchev–Trinajstić information content (AvgIpc) is 3.74. The molecule has 2 aliphatic rings. The van der Waals surface area contributed by atoms with Gasteiger partial charge < -0.3 is 30.7 Å². The first kappa shape index (κ1) is 34.8. The van der Waals surface area contributed by atoms with Crippen LogP contribution in [-0.2, 0) is 35.3 Å². The highest BCUT2D eigenvalue weighted by Gasteiger charge is 2.35. The predicted molar refractivity (Wildman–Crippen MR) is 165 cm³/mol. The zero-order valence-electron chi connectivity index (χ0n) is 26.5. The Hall–Kier alpha value is -3.73. The van der Waals surface area contributed by atoms with E-state index in [1.54, 1.807) is 13.0 Å². The number of rotatable bonds is 16. The molecule has 0 spiro atoms.